The van der Waals surface area contributed by atoms with Crippen LogP contribution >= 0.6 is 0 Å². The van der Waals surface area contributed by atoms with E-state index < -0.39 is 11.6 Å². The molecule has 0 aromatic heterocycles. The van der Waals surface area contributed by atoms with Gasteiger partial charge in [-0.15, -0.1) is 0 Å². The zero-order chi connectivity index (χ0) is 12.1. The fourth-order valence-corrected chi connectivity index (χ4v) is 1.47. The van der Waals surface area contributed by atoms with E-state index in [0.29, 0.717) is 12.0 Å². The first kappa shape index (κ1) is 13.1. The molecule has 0 aliphatic rings. The molecule has 0 saturated carbocycles. The van der Waals surface area contributed by atoms with Crippen molar-refractivity contribution in [1.82, 2.24) is 4.90 Å². The molecular formula is C12H18F2N2. The van der Waals surface area contributed by atoms with Crippen LogP contribution in [0.5, 0.6) is 0 Å². The standard InChI is InChI=1S/C12H18F2N2/c1-3-16(2)5-4-12(15)9-6-10(13)8-11(14)7-9/h6-8,12H,3-5,15H2,1-2H3. The second kappa shape index (κ2) is 5.92. The molecule has 0 bridgehead atoms. The van der Waals surface area contributed by atoms with Gasteiger partial charge in [-0.25, -0.2) is 8.78 Å². The van der Waals surface area contributed by atoms with Crippen LogP contribution in [0.3, 0.4) is 0 Å². The van der Waals surface area contributed by atoms with Crippen molar-refractivity contribution in [2.24, 2.45) is 5.73 Å². The molecule has 0 aliphatic heterocycles. The Morgan fingerprint density at radius 1 is 1.25 bits per heavy atom. The van der Waals surface area contributed by atoms with Crippen LogP contribution in [0, 0.1) is 11.6 Å². The Hall–Kier alpha value is -1.00. The summed E-state index contributed by atoms with van der Waals surface area (Å²) in [4.78, 5) is 2.11. The molecule has 1 aromatic carbocycles. The van der Waals surface area contributed by atoms with Crippen LogP contribution in [0.4, 0.5) is 8.78 Å². The SMILES string of the molecule is CCN(C)CCC(N)c1cc(F)cc(F)c1. The van der Waals surface area contributed by atoms with Crippen LogP contribution in [-0.4, -0.2) is 25.0 Å². The molecule has 1 atom stereocenters. The molecule has 0 heterocycles. The molecule has 0 aliphatic carbocycles. The minimum Gasteiger partial charge on any atom is -0.324 e. The average molecular weight is 228 g/mol. The van der Waals surface area contributed by atoms with Crippen molar-refractivity contribution in [1.29, 1.82) is 0 Å². The van der Waals surface area contributed by atoms with E-state index in [1.165, 1.54) is 12.1 Å². The van der Waals surface area contributed by atoms with Gasteiger partial charge < -0.3 is 10.6 Å². The highest BCUT2D eigenvalue weighted by Crippen LogP contribution is 2.17. The van der Waals surface area contributed by atoms with Gasteiger partial charge in [0.25, 0.3) is 0 Å². The van der Waals surface area contributed by atoms with Crippen molar-refractivity contribution >= 4 is 0 Å². The minimum atomic E-state index is -0.575. The lowest BCUT2D eigenvalue weighted by Crippen LogP contribution is -2.23. The smallest absolute Gasteiger partial charge is 0.126 e. The molecule has 1 unspecified atom stereocenters. The van der Waals surface area contributed by atoms with Gasteiger partial charge >= 0.3 is 0 Å². The highest BCUT2D eigenvalue weighted by molar-refractivity contribution is 5.21. The first-order valence-corrected chi connectivity index (χ1v) is 5.43. The Bertz CT molecular complexity index is 322. The van der Waals surface area contributed by atoms with Gasteiger partial charge in [-0.1, -0.05) is 6.92 Å². The number of nitrogens with two attached hydrogens (primary N) is 1. The lowest BCUT2D eigenvalue weighted by molar-refractivity contribution is 0.334. The highest BCUT2D eigenvalue weighted by atomic mass is 19.1. The number of halogens is 2. The maximum atomic E-state index is 12.9. The minimum absolute atomic E-state index is 0.320. The number of benzene rings is 1. The zero-order valence-electron chi connectivity index (χ0n) is 9.71. The van der Waals surface area contributed by atoms with E-state index in [-0.39, 0.29) is 6.04 Å². The van der Waals surface area contributed by atoms with Crippen molar-refractivity contribution in [2.45, 2.75) is 19.4 Å². The Kier molecular flexibility index (Phi) is 4.83. The lowest BCUT2D eigenvalue weighted by atomic mass is 10.0. The van der Waals surface area contributed by atoms with E-state index in [0.717, 1.165) is 19.2 Å². The third-order valence-electron chi connectivity index (χ3n) is 2.67. The van der Waals surface area contributed by atoms with Crippen LogP contribution in [0.1, 0.15) is 24.9 Å². The van der Waals surface area contributed by atoms with Gasteiger partial charge in [-0.05, 0) is 44.3 Å². The third-order valence-corrected chi connectivity index (χ3v) is 2.67. The summed E-state index contributed by atoms with van der Waals surface area (Å²) in [5.41, 5.74) is 6.39. The van der Waals surface area contributed by atoms with Crippen molar-refractivity contribution in [3.05, 3.63) is 35.4 Å². The van der Waals surface area contributed by atoms with Gasteiger partial charge in [-0.3, -0.25) is 0 Å². The molecule has 90 valence electrons. The van der Waals surface area contributed by atoms with Crippen molar-refractivity contribution in [3.8, 4) is 0 Å². The molecule has 2 nitrogen and oxygen atoms in total. The Morgan fingerprint density at radius 2 is 1.81 bits per heavy atom. The average Bonchev–Trinajstić information content (AvgIpc) is 2.23. The first-order chi connectivity index (χ1) is 7.52. The number of nitrogens with zero attached hydrogens (tertiary/aromatic N) is 1. The maximum absolute atomic E-state index is 12.9. The molecule has 4 heteroatoms. The summed E-state index contributed by atoms with van der Waals surface area (Å²) in [6.45, 7) is 3.80. The van der Waals surface area contributed by atoms with Crippen LogP contribution in [0.25, 0.3) is 0 Å². The Balaban J connectivity index is 2.62. The van der Waals surface area contributed by atoms with E-state index >= 15 is 0 Å². The summed E-state index contributed by atoms with van der Waals surface area (Å²) >= 11 is 0. The summed E-state index contributed by atoms with van der Waals surface area (Å²) in [6.07, 6.45) is 0.688. The van der Waals surface area contributed by atoms with E-state index in [1.807, 2.05) is 14.0 Å². The second-order valence-electron chi connectivity index (χ2n) is 3.99. The van der Waals surface area contributed by atoms with Crippen LogP contribution in [0.15, 0.2) is 18.2 Å². The molecule has 0 radical (unpaired) electrons. The molecule has 1 rings (SSSR count). The lowest BCUT2D eigenvalue weighted by Gasteiger charge is -2.17. The van der Waals surface area contributed by atoms with Crippen LogP contribution in [0.2, 0.25) is 0 Å². The summed E-state index contributed by atoms with van der Waals surface area (Å²) in [5.74, 6) is -1.15. The molecule has 1 aromatic rings. The molecule has 0 spiro atoms. The largest absolute Gasteiger partial charge is 0.324 e. The van der Waals surface area contributed by atoms with Gasteiger partial charge in [0.2, 0.25) is 0 Å². The van der Waals surface area contributed by atoms with E-state index in [9.17, 15) is 8.78 Å². The predicted molar refractivity (Wildman–Crippen MR) is 61.1 cm³/mol. The Morgan fingerprint density at radius 3 is 2.31 bits per heavy atom. The zero-order valence-corrected chi connectivity index (χ0v) is 9.71. The molecule has 0 saturated heterocycles. The van der Waals surface area contributed by atoms with Gasteiger partial charge in [0.05, 0.1) is 0 Å². The maximum Gasteiger partial charge on any atom is 0.126 e. The fourth-order valence-electron chi connectivity index (χ4n) is 1.47. The Labute approximate surface area is 95.1 Å². The number of hydrogen-bond acceptors (Lipinski definition) is 2. The summed E-state index contributed by atoms with van der Waals surface area (Å²) in [7, 11) is 1.98. The van der Waals surface area contributed by atoms with Crippen LogP contribution in [-0.2, 0) is 0 Å². The summed E-state index contributed by atoms with van der Waals surface area (Å²) in [5, 5.41) is 0. The number of rotatable bonds is 5. The second-order valence-corrected chi connectivity index (χ2v) is 3.99. The third kappa shape index (κ3) is 3.87. The molecule has 16 heavy (non-hydrogen) atoms. The van der Waals surface area contributed by atoms with Crippen LogP contribution < -0.4 is 5.73 Å². The van der Waals surface area contributed by atoms with Crippen molar-refractivity contribution in [2.75, 3.05) is 20.1 Å². The van der Waals surface area contributed by atoms with E-state index in [1.54, 1.807) is 0 Å². The first-order valence-electron chi connectivity index (χ1n) is 5.43. The summed E-state index contributed by atoms with van der Waals surface area (Å²) in [6, 6.07) is 3.12. The fraction of sp³-hybridized carbons (Fsp3) is 0.500. The molecular weight excluding hydrogens is 210 g/mol. The molecule has 0 fully saturated rings. The van der Waals surface area contributed by atoms with Gasteiger partial charge in [0.1, 0.15) is 11.6 Å². The van der Waals surface area contributed by atoms with E-state index in [4.69, 9.17) is 5.73 Å². The van der Waals surface area contributed by atoms with Crippen molar-refractivity contribution in [3.63, 3.8) is 0 Å². The van der Waals surface area contributed by atoms with Gasteiger partial charge in [0.15, 0.2) is 0 Å². The van der Waals surface area contributed by atoms with Crippen molar-refractivity contribution < 1.29 is 8.78 Å². The van der Waals surface area contributed by atoms with Gasteiger partial charge in [-0.2, -0.15) is 0 Å². The summed E-state index contributed by atoms with van der Waals surface area (Å²) < 4.78 is 25.9. The normalized spacial score (nSPS) is 13.1. The monoisotopic (exact) mass is 228 g/mol. The predicted octanol–water partition coefficient (Wildman–Crippen LogP) is 2.31. The van der Waals surface area contributed by atoms with Gasteiger partial charge in [0, 0.05) is 12.1 Å². The quantitative estimate of drug-likeness (QED) is 0.838. The topological polar surface area (TPSA) is 29.3 Å². The number of hydrogen-bond donors (Lipinski definition) is 1. The molecule has 0 amide bonds. The highest BCUT2D eigenvalue weighted by Gasteiger charge is 2.09. The van der Waals surface area contributed by atoms with E-state index in [2.05, 4.69) is 4.90 Å². The molecule has 2 N–H and O–H groups in total.